The largest absolute Gasteiger partial charge is 0.417 e. The summed E-state index contributed by atoms with van der Waals surface area (Å²) in [6.45, 7) is 0. The van der Waals surface area contributed by atoms with Gasteiger partial charge in [-0.3, -0.25) is 0 Å². The van der Waals surface area contributed by atoms with Crippen LogP contribution >= 0.6 is 11.6 Å². The molecule has 0 unspecified atom stereocenters. The second-order valence-electron chi connectivity index (χ2n) is 2.20. The highest BCUT2D eigenvalue weighted by Gasteiger charge is 2.32. The molecule has 0 heterocycles. The van der Waals surface area contributed by atoms with Gasteiger partial charge in [0.05, 0.1) is 5.56 Å². The first kappa shape index (κ1) is 9.39. The summed E-state index contributed by atoms with van der Waals surface area (Å²) in [4.78, 5) is 0. The first-order valence-corrected chi connectivity index (χ1v) is 3.72. The third-order valence-electron chi connectivity index (χ3n) is 1.37. The molecule has 0 aromatic heterocycles. The lowest BCUT2D eigenvalue weighted by molar-refractivity contribution is -0.138. The predicted molar refractivity (Wildman–Crippen MR) is 39.8 cm³/mol. The zero-order valence-corrected chi connectivity index (χ0v) is 6.71. The van der Waals surface area contributed by atoms with Gasteiger partial charge in [0.25, 0.3) is 0 Å². The molecule has 0 amide bonds. The van der Waals surface area contributed by atoms with Crippen LogP contribution in [0.4, 0.5) is 13.2 Å². The molecule has 1 aromatic rings. The molecular formula is C8H5ClF3. The van der Waals surface area contributed by atoms with Crippen molar-refractivity contribution < 1.29 is 13.2 Å². The van der Waals surface area contributed by atoms with Gasteiger partial charge in [-0.15, -0.1) is 11.6 Å². The minimum Gasteiger partial charge on any atom is -0.166 e. The molecule has 0 aliphatic heterocycles. The first-order chi connectivity index (χ1) is 5.55. The molecule has 1 rings (SSSR count). The first-order valence-electron chi connectivity index (χ1n) is 3.18. The third-order valence-corrected chi connectivity index (χ3v) is 1.66. The van der Waals surface area contributed by atoms with E-state index in [1.807, 2.05) is 0 Å². The van der Waals surface area contributed by atoms with Crippen molar-refractivity contribution in [3.05, 3.63) is 35.4 Å². The Labute approximate surface area is 73.0 Å². The monoisotopic (exact) mass is 193 g/mol. The Balaban J connectivity index is 3.14. The SMILES string of the molecule is FC(F)(F)c1[c]cccc1CCl. The van der Waals surface area contributed by atoms with Crippen molar-refractivity contribution >= 4 is 11.6 Å². The highest BCUT2D eigenvalue weighted by atomic mass is 35.5. The minimum atomic E-state index is -4.36. The van der Waals surface area contributed by atoms with Crippen LogP contribution in [-0.4, -0.2) is 0 Å². The number of alkyl halides is 4. The fourth-order valence-electron chi connectivity index (χ4n) is 0.847. The summed E-state index contributed by atoms with van der Waals surface area (Å²) < 4.78 is 36.4. The zero-order valence-electron chi connectivity index (χ0n) is 5.95. The summed E-state index contributed by atoms with van der Waals surface area (Å²) in [5.74, 6) is -0.147. The van der Waals surface area contributed by atoms with E-state index in [9.17, 15) is 13.2 Å². The van der Waals surface area contributed by atoms with E-state index in [1.165, 1.54) is 18.2 Å². The number of rotatable bonds is 1. The zero-order chi connectivity index (χ0) is 9.19. The van der Waals surface area contributed by atoms with Crippen molar-refractivity contribution in [2.45, 2.75) is 12.1 Å². The van der Waals surface area contributed by atoms with Crippen molar-refractivity contribution in [3.8, 4) is 0 Å². The summed E-state index contributed by atoms with van der Waals surface area (Å²) in [5, 5.41) is 0. The fourth-order valence-corrected chi connectivity index (χ4v) is 1.07. The Hall–Kier alpha value is -0.700. The molecular weight excluding hydrogens is 189 g/mol. The molecule has 1 aromatic carbocycles. The second kappa shape index (κ2) is 3.35. The Bertz CT molecular complexity index is 267. The topological polar surface area (TPSA) is 0 Å². The lowest BCUT2D eigenvalue weighted by Gasteiger charge is -2.09. The van der Waals surface area contributed by atoms with Gasteiger partial charge in [0.2, 0.25) is 0 Å². The van der Waals surface area contributed by atoms with Crippen LogP contribution in [0.15, 0.2) is 18.2 Å². The summed E-state index contributed by atoms with van der Waals surface area (Å²) in [5.41, 5.74) is -0.716. The number of halogens is 4. The molecule has 0 atom stereocenters. The number of benzene rings is 1. The van der Waals surface area contributed by atoms with Crippen LogP contribution in [0.5, 0.6) is 0 Å². The maximum absolute atomic E-state index is 12.1. The minimum absolute atomic E-state index is 0.0617. The highest BCUT2D eigenvalue weighted by Crippen LogP contribution is 2.31. The van der Waals surface area contributed by atoms with Gasteiger partial charge in [0, 0.05) is 5.88 Å². The molecule has 0 N–H and O–H groups in total. The Morgan fingerprint density at radius 3 is 2.50 bits per heavy atom. The molecule has 0 saturated carbocycles. The highest BCUT2D eigenvalue weighted by molar-refractivity contribution is 6.17. The molecule has 0 nitrogen and oxygen atoms in total. The standard InChI is InChI=1S/C8H5ClF3/c9-5-6-3-1-2-4-7(6)8(10,11)12/h1-3H,5H2. The van der Waals surface area contributed by atoms with Gasteiger partial charge in [-0.1, -0.05) is 18.2 Å². The summed E-state index contributed by atoms with van der Waals surface area (Å²) in [7, 11) is 0. The van der Waals surface area contributed by atoms with E-state index in [0.717, 1.165) is 0 Å². The van der Waals surface area contributed by atoms with Crippen LogP contribution in [0.3, 0.4) is 0 Å². The molecule has 12 heavy (non-hydrogen) atoms. The van der Waals surface area contributed by atoms with Gasteiger partial charge in [0.1, 0.15) is 0 Å². The smallest absolute Gasteiger partial charge is 0.166 e. The Morgan fingerprint density at radius 2 is 2.08 bits per heavy atom. The van der Waals surface area contributed by atoms with Crippen molar-refractivity contribution in [2.75, 3.05) is 0 Å². The van der Waals surface area contributed by atoms with Gasteiger partial charge < -0.3 is 0 Å². The molecule has 0 fully saturated rings. The van der Waals surface area contributed by atoms with E-state index in [1.54, 1.807) is 0 Å². The summed E-state index contributed by atoms with van der Waals surface area (Å²) in [6, 6.07) is 6.16. The fraction of sp³-hybridized carbons (Fsp3) is 0.250. The lowest BCUT2D eigenvalue weighted by atomic mass is 10.1. The van der Waals surface area contributed by atoms with Crippen molar-refractivity contribution in [1.82, 2.24) is 0 Å². The number of hydrogen-bond acceptors (Lipinski definition) is 0. The van der Waals surface area contributed by atoms with E-state index in [-0.39, 0.29) is 11.4 Å². The van der Waals surface area contributed by atoms with E-state index in [2.05, 4.69) is 6.07 Å². The van der Waals surface area contributed by atoms with Crippen LogP contribution in [0.2, 0.25) is 0 Å². The maximum Gasteiger partial charge on any atom is 0.417 e. The van der Waals surface area contributed by atoms with Crippen LogP contribution in [0, 0.1) is 6.07 Å². The summed E-state index contributed by atoms with van der Waals surface area (Å²) in [6.07, 6.45) is -4.36. The molecule has 0 aliphatic rings. The van der Waals surface area contributed by atoms with Gasteiger partial charge >= 0.3 is 6.18 Å². The Morgan fingerprint density at radius 1 is 1.42 bits per heavy atom. The van der Waals surface area contributed by atoms with Crippen molar-refractivity contribution in [2.24, 2.45) is 0 Å². The average molecular weight is 194 g/mol. The van der Waals surface area contributed by atoms with Gasteiger partial charge in [-0.05, 0) is 11.6 Å². The lowest BCUT2D eigenvalue weighted by Crippen LogP contribution is -2.08. The van der Waals surface area contributed by atoms with Gasteiger partial charge in [-0.25, -0.2) is 0 Å². The predicted octanol–water partition coefficient (Wildman–Crippen LogP) is 3.24. The van der Waals surface area contributed by atoms with Crippen LogP contribution in [0.1, 0.15) is 11.1 Å². The quantitative estimate of drug-likeness (QED) is 0.601. The molecule has 65 valence electrons. The van der Waals surface area contributed by atoms with Crippen LogP contribution in [-0.2, 0) is 12.1 Å². The molecule has 0 spiro atoms. The van der Waals surface area contributed by atoms with E-state index >= 15 is 0 Å². The van der Waals surface area contributed by atoms with E-state index < -0.39 is 11.7 Å². The molecule has 0 saturated heterocycles. The Kier molecular flexibility index (Phi) is 2.62. The van der Waals surface area contributed by atoms with Gasteiger partial charge in [0.15, 0.2) is 0 Å². The molecule has 0 bridgehead atoms. The van der Waals surface area contributed by atoms with Crippen LogP contribution in [0.25, 0.3) is 0 Å². The third kappa shape index (κ3) is 1.91. The van der Waals surface area contributed by atoms with Gasteiger partial charge in [-0.2, -0.15) is 13.2 Å². The van der Waals surface area contributed by atoms with E-state index in [0.29, 0.717) is 0 Å². The summed E-state index contributed by atoms with van der Waals surface area (Å²) >= 11 is 5.32. The van der Waals surface area contributed by atoms with E-state index in [4.69, 9.17) is 11.6 Å². The molecule has 4 heteroatoms. The maximum atomic E-state index is 12.1. The number of hydrogen-bond donors (Lipinski definition) is 0. The van der Waals surface area contributed by atoms with Crippen molar-refractivity contribution in [1.29, 1.82) is 0 Å². The average Bonchev–Trinajstić information content (AvgIpc) is 2.03. The second-order valence-corrected chi connectivity index (χ2v) is 2.47. The van der Waals surface area contributed by atoms with Crippen molar-refractivity contribution in [3.63, 3.8) is 0 Å². The molecule has 1 radical (unpaired) electrons. The normalized spacial score (nSPS) is 11.7. The van der Waals surface area contributed by atoms with Crippen LogP contribution < -0.4 is 0 Å². The molecule has 0 aliphatic carbocycles.